The minimum absolute atomic E-state index is 0.0203. The fourth-order valence-electron chi connectivity index (χ4n) is 3.62. The molecule has 32 heavy (non-hydrogen) atoms. The summed E-state index contributed by atoms with van der Waals surface area (Å²) in [5, 5.41) is 6.71. The van der Waals surface area contributed by atoms with E-state index in [1.54, 1.807) is 18.2 Å². The Labute approximate surface area is 183 Å². The summed E-state index contributed by atoms with van der Waals surface area (Å²) in [6.07, 6.45) is 1.14. The second-order valence-corrected chi connectivity index (χ2v) is 9.26. The van der Waals surface area contributed by atoms with Gasteiger partial charge in [-0.05, 0) is 18.2 Å². The van der Waals surface area contributed by atoms with Crippen LogP contribution in [0.4, 0.5) is 0 Å². The molecule has 12 heteroatoms. The van der Waals surface area contributed by atoms with Crippen molar-refractivity contribution in [3.63, 3.8) is 0 Å². The Morgan fingerprint density at radius 3 is 2.41 bits per heavy atom. The standard InChI is InChI=1S/C20H22N4O7S/c1-29-14-5-4-12(10-15(14)30-2)17-18-13(19(25)22-21-17)11-16(31-18)20(26)23-6-8-24(9-7-23)32(3,27)28/h4-5,10-11H,6-9H2,1-3H3,(H,22,25). The lowest BCUT2D eigenvalue weighted by molar-refractivity contribution is 0.0668. The quantitative estimate of drug-likeness (QED) is 0.591. The average molecular weight is 462 g/mol. The van der Waals surface area contributed by atoms with Crippen molar-refractivity contribution in [2.45, 2.75) is 0 Å². The number of methoxy groups -OCH3 is 2. The van der Waals surface area contributed by atoms with Gasteiger partial charge in [0.15, 0.2) is 22.8 Å². The summed E-state index contributed by atoms with van der Waals surface area (Å²) in [6.45, 7) is 0.841. The molecule has 4 rings (SSSR count). The Balaban J connectivity index is 1.69. The molecule has 3 aromatic rings. The molecule has 1 fully saturated rings. The molecule has 1 aliphatic rings. The zero-order chi connectivity index (χ0) is 23.0. The Hall–Kier alpha value is -3.38. The number of sulfonamides is 1. The molecule has 0 radical (unpaired) electrons. The highest BCUT2D eigenvalue weighted by Gasteiger charge is 2.29. The molecule has 0 bridgehead atoms. The Morgan fingerprint density at radius 2 is 1.78 bits per heavy atom. The topological polar surface area (TPSA) is 135 Å². The van der Waals surface area contributed by atoms with Gasteiger partial charge >= 0.3 is 0 Å². The lowest BCUT2D eigenvalue weighted by atomic mass is 10.1. The van der Waals surface area contributed by atoms with E-state index in [2.05, 4.69) is 10.2 Å². The molecule has 1 aromatic carbocycles. The van der Waals surface area contributed by atoms with Crippen LogP contribution in [-0.2, 0) is 10.0 Å². The van der Waals surface area contributed by atoms with E-state index < -0.39 is 21.5 Å². The number of furan rings is 1. The van der Waals surface area contributed by atoms with Crippen LogP contribution in [-0.4, -0.2) is 80.4 Å². The first kappa shape index (κ1) is 21.8. The van der Waals surface area contributed by atoms with E-state index in [1.165, 1.54) is 29.5 Å². The van der Waals surface area contributed by atoms with Crippen LogP contribution in [0, 0.1) is 0 Å². The molecule has 170 valence electrons. The van der Waals surface area contributed by atoms with Crippen molar-refractivity contribution in [1.29, 1.82) is 0 Å². The number of nitrogens with one attached hydrogen (secondary N) is 1. The molecule has 1 saturated heterocycles. The van der Waals surface area contributed by atoms with Crippen LogP contribution in [0.5, 0.6) is 11.5 Å². The number of nitrogens with zero attached hydrogens (tertiary/aromatic N) is 3. The number of carbonyl (C=O) groups is 1. The van der Waals surface area contributed by atoms with Crippen molar-refractivity contribution in [2.24, 2.45) is 0 Å². The van der Waals surface area contributed by atoms with Gasteiger partial charge in [0.1, 0.15) is 5.69 Å². The highest BCUT2D eigenvalue weighted by atomic mass is 32.2. The van der Waals surface area contributed by atoms with E-state index in [0.717, 1.165) is 6.26 Å². The molecule has 2 aromatic heterocycles. The van der Waals surface area contributed by atoms with Gasteiger partial charge in [0, 0.05) is 37.8 Å². The van der Waals surface area contributed by atoms with Crippen molar-refractivity contribution < 1.29 is 27.1 Å². The minimum atomic E-state index is -3.31. The van der Waals surface area contributed by atoms with Crippen LogP contribution in [0.25, 0.3) is 22.2 Å². The van der Waals surface area contributed by atoms with Gasteiger partial charge in [-0.1, -0.05) is 0 Å². The number of hydrogen-bond acceptors (Lipinski definition) is 8. The maximum atomic E-state index is 13.0. The van der Waals surface area contributed by atoms with Crippen LogP contribution < -0.4 is 15.0 Å². The van der Waals surface area contributed by atoms with E-state index >= 15 is 0 Å². The third-order valence-electron chi connectivity index (χ3n) is 5.32. The molecular weight excluding hydrogens is 440 g/mol. The molecule has 11 nitrogen and oxygen atoms in total. The zero-order valence-corrected chi connectivity index (χ0v) is 18.6. The molecule has 0 aliphatic carbocycles. The van der Waals surface area contributed by atoms with Crippen molar-refractivity contribution in [1.82, 2.24) is 19.4 Å². The molecule has 0 saturated carbocycles. The number of rotatable bonds is 5. The molecule has 1 aliphatic heterocycles. The number of aromatic nitrogens is 2. The lowest BCUT2D eigenvalue weighted by Gasteiger charge is -2.32. The first-order chi connectivity index (χ1) is 15.2. The van der Waals surface area contributed by atoms with Gasteiger partial charge in [-0.15, -0.1) is 0 Å². The van der Waals surface area contributed by atoms with Gasteiger partial charge in [-0.25, -0.2) is 13.5 Å². The number of aromatic amines is 1. The van der Waals surface area contributed by atoms with Gasteiger partial charge < -0.3 is 18.8 Å². The van der Waals surface area contributed by atoms with Gasteiger partial charge in [-0.2, -0.15) is 9.40 Å². The van der Waals surface area contributed by atoms with Gasteiger partial charge in [0.25, 0.3) is 11.5 Å². The van der Waals surface area contributed by atoms with Crippen LogP contribution in [0.1, 0.15) is 10.6 Å². The van der Waals surface area contributed by atoms with E-state index in [-0.39, 0.29) is 42.9 Å². The first-order valence-electron chi connectivity index (χ1n) is 9.72. The molecular formula is C20H22N4O7S. The van der Waals surface area contributed by atoms with Crippen LogP contribution in [0.2, 0.25) is 0 Å². The second kappa shape index (κ2) is 8.28. The third-order valence-corrected chi connectivity index (χ3v) is 6.63. The van der Waals surface area contributed by atoms with Crippen molar-refractivity contribution in [3.05, 3.63) is 40.4 Å². The maximum Gasteiger partial charge on any atom is 0.289 e. The van der Waals surface area contributed by atoms with Crippen LogP contribution >= 0.6 is 0 Å². The Morgan fingerprint density at radius 1 is 1.09 bits per heavy atom. The molecule has 1 amide bonds. The summed E-state index contributed by atoms with van der Waals surface area (Å²) in [4.78, 5) is 26.8. The highest BCUT2D eigenvalue weighted by Crippen LogP contribution is 2.34. The number of H-pyrrole nitrogens is 1. The number of hydrogen-bond donors (Lipinski definition) is 1. The van der Waals surface area contributed by atoms with Gasteiger partial charge in [0.05, 0.1) is 25.9 Å². The van der Waals surface area contributed by atoms with E-state index in [1.807, 2.05) is 0 Å². The number of amides is 1. The molecule has 0 unspecified atom stereocenters. The maximum absolute atomic E-state index is 13.0. The van der Waals surface area contributed by atoms with Crippen LogP contribution in [0.3, 0.4) is 0 Å². The van der Waals surface area contributed by atoms with Gasteiger partial charge in [0.2, 0.25) is 10.0 Å². The smallest absolute Gasteiger partial charge is 0.289 e. The van der Waals surface area contributed by atoms with Crippen molar-refractivity contribution in [2.75, 3.05) is 46.7 Å². The fourth-order valence-corrected chi connectivity index (χ4v) is 4.44. The summed E-state index contributed by atoms with van der Waals surface area (Å²) in [5.41, 5.74) is 0.605. The zero-order valence-electron chi connectivity index (χ0n) is 17.7. The largest absolute Gasteiger partial charge is 0.493 e. The summed E-state index contributed by atoms with van der Waals surface area (Å²) >= 11 is 0. The molecule has 3 heterocycles. The first-order valence-corrected chi connectivity index (χ1v) is 11.6. The van der Waals surface area contributed by atoms with Crippen molar-refractivity contribution >= 4 is 26.9 Å². The normalized spacial score (nSPS) is 15.2. The van der Waals surface area contributed by atoms with E-state index in [4.69, 9.17) is 13.9 Å². The van der Waals surface area contributed by atoms with E-state index in [0.29, 0.717) is 22.8 Å². The van der Waals surface area contributed by atoms with Crippen LogP contribution in [0.15, 0.2) is 33.5 Å². The number of fused-ring (bicyclic) bond motifs is 1. The number of carbonyl (C=O) groups excluding carboxylic acids is 1. The molecule has 1 N–H and O–H groups in total. The molecule has 0 spiro atoms. The summed E-state index contributed by atoms with van der Waals surface area (Å²) in [6, 6.07) is 6.50. The lowest BCUT2D eigenvalue weighted by Crippen LogP contribution is -2.50. The Kier molecular flexibility index (Phi) is 5.65. The Bertz CT molecular complexity index is 1340. The second-order valence-electron chi connectivity index (χ2n) is 7.28. The average Bonchev–Trinajstić information content (AvgIpc) is 3.24. The minimum Gasteiger partial charge on any atom is -0.493 e. The monoisotopic (exact) mass is 462 g/mol. The summed E-state index contributed by atoms with van der Waals surface area (Å²) in [5.74, 6) is 0.554. The third kappa shape index (κ3) is 3.94. The summed E-state index contributed by atoms with van der Waals surface area (Å²) in [7, 11) is -0.287. The van der Waals surface area contributed by atoms with Crippen molar-refractivity contribution in [3.8, 4) is 22.8 Å². The SMILES string of the molecule is COc1ccc(-c2n[nH]c(=O)c3cc(C(=O)N4CCN(S(C)(=O)=O)CC4)oc23)cc1OC. The molecule has 0 atom stereocenters. The van der Waals surface area contributed by atoms with Gasteiger partial charge in [-0.3, -0.25) is 9.59 Å². The summed E-state index contributed by atoms with van der Waals surface area (Å²) < 4.78 is 41.1. The number of ether oxygens (including phenoxy) is 2. The fraction of sp³-hybridized carbons (Fsp3) is 0.350. The predicted octanol–water partition coefficient (Wildman–Crippen LogP) is 0.918. The number of benzene rings is 1. The predicted molar refractivity (Wildman–Crippen MR) is 115 cm³/mol. The number of piperazine rings is 1. The highest BCUT2D eigenvalue weighted by molar-refractivity contribution is 7.88. The van der Waals surface area contributed by atoms with E-state index in [9.17, 15) is 18.0 Å².